The summed E-state index contributed by atoms with van der Waals surface area (Å²) in [5.74, 6) is -1.44. The van der Waals surface area contributed by atoms with E-state index in [1.54, 1.807) is 0 Å². The molecule has 1 aromatic carbocycles. The van der Waals surface area contributed by atoms with E-state index in [-0.39, 0.29) is 12.1 Å². The molecular formula is C6H5NO9S2. The molecule has 0 bridgehead atoms. The normalized spacial score (nSPS) is 12.3. The molecule has 0 amide bonds. The van der Waals surface area contributed by atoms with Gasteiger partial charge in [-0.15, -0.1) is 0 Å². The summed E-state index contributed by atoms with van der Waals surface area (Å²) in [5, 5.41) is 19.7. The first-order chi connectivity index (χ1) is 7.94. The second-order valence-corrected chi connectivity index (χ2v) is 5.81. The van der Waals surface area contributed by atoms with E-state index in [0.29, 0.717) is 0 Å². The molecule has 0 saturated carbocycles. The van der Waals surface area contributed by atoms with Crippen LogP contribution in [0.2, 0.25) is 0 Å². The molecule has 0 heterocycles. The third-order valence-corrected chi connectivity index (χ3v) is 3.50. The van der Waals surface area contributed by atoms with Gasteiger partial charge >= 0.3 is 5.69 Å². The molecule has 0 unspecified atom stereocenters. The lowest BCUT2D eigenvalue weighted by Crippen LogP contribution is -2.05. The minimum Gasteiger partial charge on any atom is -0.501 e. The Morgan fingerprint density at radius 2 is 1.56 bits per heavy atom. The van der Waals surface area contributed by atoms with Gasteiger partial charge < -0.3 is 5.11 Å². The SMILES string of the molecule is O=[N+]([O-])c1cc(S(=O)(=O)O)cc(S(=O)(=O)O)c1O. The van der Waals surface area contributed by atoms with Crippen molar-refractivity contribution >= 4 is 25.9 Å². The van der Waals surface area contributed by atoms with Crippen LogP contribution < -0.4 is 0 Å². The zero-order valence-electron chi connectivity index (χ0n) is 8.21. The van der Waals surface area contributed by atoms with Crippen molar-refractivity contribution in [3.05, 3.63) is 22.2 Å². The Labute approximate surface area is 100 Å². The van der Waals surface area contributed by atoms with Gasteiger partial charge in [-0.3, -0.25) is 19.2 Å². The van der Waals surface area contributed by atoms with E-state index in [0.717, 1.165) is 0 Å². The lowest BCUT2D eigenvalue weighted by Gasteiger charge is -2.04. The molecule has 0 aliphatic rings. The van der Waals surface area contributed by atoms with E-state index < -0.39 is 46.4 Å². The topological polar surface area (TPSA) is 172 Å². The minimum atomic E-state index is -5.10. The van der Waals surface area contributed by atoms with Gasteiger partial charge in [0, 0.05) is 6.07 Å². The lowest BCUT2D eigenvalue weighted by molar-refractivity contribution is -0.386. The predicted octanol–water partition coefficient (Wildman–Crippen LogP) is -0.206. The van der Waals surface area contributed by atoms with Gasteiger partial charge in [0.25, 0.3) is 20.2 Å². The number of benzene rings is 1. The summed E-state index contributed by atoms with van der Waals surface area (Å²) in [7, 11) is -10.1. The minimum absolute atomic E-state index is 0.187. The monoisotopic (exact) mass is 299 g/mol. The van der Waals surface area contributed by atoms with E-state index in [1.165, 1.54) is 0 Å². The van der Waals surface area contributed by atoms with E-state index in [1.807, 2.05) is 0 Å². The van der Waals surface area contributed by atoms with Crippen LogP contribution in [0.1, 0.15) is 0 Å². The number of hydrogen-bond acceptors (Lipinski definition) is 7. The molecule has 0 atom stereocenters. The molecule has 0 aromatic heterocycles. The van der Waals surface area contributed by atoms with Gasteiger partial charge in [-0.25, -0.2) is 0 Å². The fourth-order valence-corrected chi connectivity index (χ4v) is 2.28. The van der Waals surface area contributed by atoms with Gasteiger partial charge in [0.05, 0.1) is 4.92 Å². The Morgan fingerprint density at radius 1 is 1.06 bits per heavy atom. The third-order valence-electron chi connectivity index (χ3n) is 1.80. The maximum Gasteiger partial charge on any atom is 0.313 e. The number of phenols is 1. The molecule has 0 aliphatic heterocycles. The van der Waals surface area contributed by atoms with Crippen LogP contribution in [0.5, 0.6) is 5.75 Å². The molecule has 3 N–H and O–H groups in total. The second-order valence-electron chi connectivity index (χ2n) is 3.00. The van der Waals surface area contributed by atoms with Gasteiger partial charge in [-0.05, 0) is 6.07 Å². The second kappa shape index (κ2) is 4.16. The van der Waals surface area contributed by atoms with Crippen molar-refractivity contribution in [1.82, 2.24) is 0 Å². The highest BCUT2D eigenvalue weighted by Crippen LogP contribution is 2.35. The number of phenolic OH excluding ortho intramolecular Hbond substituents is 1. The summed E-state index contributed by atoms with van der Waals surface area (Å²) in [6.07, 6.45) is 0. The van der Waals surface area contributed by atoms with Crippen LogP contribution in [0.4, 0.5) is 5.69 Å². The van der Waals surface area contributed by atoms with Crippen LogP contribution in [0.3, 0.4) is 0 Å². The van der Waals surface area contributed by atoms with E-state index in [2.05, 4.69) is 0 Å². The predicted molar refractivity (Wildman–Crippen MR) is 54.4 cm³/mol. The highest BCUT2D eigenvalue weighted by Gasteiger charge is 2.29. The van der Waals surface area contributed by atoms with Crippen molar-refractivity contribution < 1.29 is 36.0 Å². The van der Waals surface area contributed by atoms with Gasteiger partial charge in [0.2, 0.25) is 5.75 Å². The maximum absolute atomic E-state index is 10.8. The van der Waals surface area contributed by atoms with Crippen molar-refractivity contribution in [3.8, 4) is 5.75 Å². The zero-order chi connectivity index (χ0) is 14.3. The Morgan fingerprint density at radius 3 is 1.89 bits per heavy atom. The first kappa shape index (κ1) is 14.3. The number of hydrogen-bond donors (Lipinski definition) is 3. The van der Waals surface area contributed by atoms with E-state index in [9.17, 15) is 32.1 Å². The van der Waals surface area contributed by atoms with Crippen LogP contribution in [0.15, 0.2) is 21.9 Å². The molecule has 18 heavy (non-hydrogen) atoms. The molecule has 0 aliphatic carbocycles. The molecular weight excluding hydrogens is 294 g/mol. The number of nitro groups is 1. The molecule has 0 radical (unpaired) electrons. The van der Waals surface area contributed by atoms with Crippen molar-refractivity contribution in [2.24, 2.45) is 0 Å². The summed E-state index contributed by atoms with van der Waals surface area (Å²) in [4.78, 5) is 6.64. The molecule has 0 fully saturated rings. The highest BCUT2D eigenvalue weighted by atomic mass is 32.2. The van der Waals surface area contributed by atoms with Crippen molar-refractivity contribution in [3.63, 3.8) is 0 Å². The van der Waals surface area contributed by atoms with Crippen LogP contribution >= 0.6 is 0 Å². The molecule has 12 heteroatoms. The number of rotatable bonds is 3. The summed E-state index contributed by atoms with van der Waals surface area (Å²) in [6, 6.07) is 0.437. The van der Waals surface area contributed by atoms with Crippen molar-refractivity contribution in [1.29, 1.82) is 0 Å². The largest absolute Gasteiger partial charge is 0.501 e. The smallest absolute Gasteiger partial charge is 0.313 e. The van der Waals surface area contributed by atoms with Crippen LogP contribution in [0.25, 0.3) is 0 Å². The Kier molecular flexibility index (Phi) is 3.31. The maximum atomic E-state index is 10.8. The van der Waals surface area contributed by atoms with Crippen LogP contribution in [0, 0.1) is 10.1 Å². The molecule has 1 aromatic rings. The summed E-state index contributed by atoms with van der Waals surface area (Å²) in [5.41, 5.74) is -1.29. The Bertz CT molecular complexity index is 718. The summed E-state index contributed by atoms with van der Waals surface area (Å²) in [6.45, 7) is 0. The zero-order valence-corrected chi connectivity index (χ0v) is 9.84. The van der Waals surface area contributed by atoms with E-state index in [4.69, 9.17) is 9.11 Å². The number of aromatic hydroxyl groups is 1. The summed E-state index contributed by atoms with van der Waals surface area (Å²) >= 11 is 0. The number of nitrogens with zero attached hydrogens (tertiary/aromatic N) is 1. The number of nitro benzene ring substituents is 1. The quantitative estimate of drug-likeness (QED) is 0.387. The van der Waals surface area contributed by atoms with Gasteiger partial charge in [0.1, 0.15) is 9.79 Å². The van der Waals surface area contributed by atoms with Gasteiger partial charge in [-0.2, -0.15) is 16.8 Å². The Hall–Kier alpha value is -1.76. The van der Waals surface area contributed by atoms with Crippen molar-refractivity contribution in [2.75, 3.05) is 0 Å². The van der Waals surface area contributed by atoms with Crippen LogP contribution in [-0.2, 0) is 20.2 Å². The average molecular weight is 299 g/mol. The van der Waals surface area contributed by atoms with Crippen molar-refractivity contribution in [2.45, 2.75) is 9.79 Å². The molecule has 1 rings (SSSR count). The fraction of sp³-hybridized carbons (Fsp3) is 0. The first-order valence-electron chi connectivity index (χ1n) is 3.91. The standard InChI is InChI=1S/C6H5NO9S2/c8-6-4(7(9)10)1-3(17(11,12)13)2-5(6)18(14,15)16/h1-2,8H,(H,11,12,13)(H,14,15,16). The highest BCUT2D eigenvalue weighted by molar-refractivity contribution is 7.86. The summed E-state index contributed by atoms with van der Waals surface area (Å²) < 4.78 is 60.5. The molecule has 10 nitrogen and oxygen atoms in total. The fourth-order valence-electron chi connectivity index (χ4n) is 1.05. The molecule has 0 saturated heterocycles. The van der Waals surface area contributed by atoms with Crippen LogP contribution in [-0.4, -0.2) is 36.0 Å². The Balaban J connectivity index is 3.86. The third kappa shape index (κ3) is 2.73. The molecule has 100 valence electrons. The van der Waals surface area contributed by atoms with E-state index >= 15 is 0 Å². The van der Waals surface area contributed by atoms with Gasteiger partial charge in [-0.1, -0.05) is 0 Å². The molecule has 0 spiro atoms. The average Bonchev–Trinajstić information content (AvgIpc) is 2.13. The first-order valence-corrected chi connectivity index (χ1v) is 6.79. The van der Waals surface area contributed by atoms with Gasteiger partial charge in [0.15, 0.2) is 0 Å². The lowest BCUT2D eigenvalue weighted by atomic mass is 10.3.